The normalized spacial score (nSPS) is 16.0. The lowest BCUT2D eigenvalue weighted by molar-refractivity contribution is -0.117. The number of rotatable bonds is 4. The Kier molecular flexibility index (Phi) is 5.94. The predicted octanol–water partition coefficient (Wildman–Crippen LogP) is 4.51. The van der Waals surface area contributed by atoms with E-state index in [1.54, 1.807) is 6.07 Å². The molecule has 1 N–H and O–H groups in total. The number of amides is 1. The first kappa shape index (κ1) is 18.2. The Bertz CT molecular complexity index is 744. The molecule has 1 aromatic heterocycles. The third kappa shape index (κ3) is 4.51. The number of benzene rings is 1. The Hall–Kier alpha value is -1.62. The third-order valence-electron chi connectivity index (χ3n) is 4.61. The van der Waals surface area contributed by atoms with Crippen LogP contribution in [0.25, 0.3) is 0 Å². The van der Waals surface area contributed by atoms with Crippen molar-refractivity contribution in [3.63, 3.8) is 0 Å². The van der Waals surface area contributed by atoms with Crippen LogP contribution >= 0.6 is 23.2 Å². The smallest absolute Gasteiger partial charge is 0.238 e. The highest BCUT2D eigenvalue weighted by Gasteiger charge is 2.23. The van der Waals surface area contributed by atoms with Crippen molar-refractivity contribution < 1.29 is 4.79 Å². The Morgan fingerprint density at radius 2 is 2.00 bits per heavy atom. The summed E-state index contributed by atoms with van der Waals surface area (Å²) in [7, 11) is 0. The van der Waals surface area contributed by atoms with Gasteiger partial charge in [-0.25, -0.2) is 0 Å². The summed E-state index contributed by atoms with van der Waals surface area (Å²) in [6.45, 7) is 3.99. The quantitative estimate of drug-likeness (QED) is 0.851. The second kappa shape index (κ2) is 8.17. The molecule has 4 nitrogen and oxygen atoms in total. The number of likely N-dealkylation sites (tertiary alicyclic amines) is 1. The number of pyridine rings is 1. The van der Waals surface area contributed by atoms with Crippen LogP contribution in [0.5, 0.6) is 0 Å². The molecule has 25 heavy (non-hydrogen) atoms. The molecule has 1 fully saturated rings. The van der Waals surface area contributed by atoms with Crippen LogP contribution in [0.3, 0.4) is 0 Å². The van der Waals surface area contributed by atoms with Crippen molar-refractivity contribution in [1.82, 2.24) is 9.88 Å². The van der Waals surface area contributed by atoms with Crippen molar-refractivity contribution in [3.05, 3.63) is 57.8 Å². The molecule has 0 atom stereocenters. The molecule has 1 amide bonds. The van der Waals surface area contributed by atoms with Crippen LogP contribution in [-0.2, 0) is 4.79 Å². The summed E-state index contributed by atoms with van der Waals surface area (Å²) in [6.07, 6.45) is 3.86. The average Bonchev–Trinajstić information content (AvgIpc) is 2.63. The molecule has 2 aromatic rings. The largest absolute Gasteiger partial charge is 0.322 e. The summed E-state index contributed by atoms with van der Waals surface area (Å²) in [5.74, 6) is 0.381. The summed E-state index contributed by atoms with van der Waals surface area (Å²) in [4.78, 5) is 19.0. The van der Waals surface area contributed by atoms with Gasteiger partial charge in [-0.1, -0.05) is 35.3 Å². The number of carbonyl (C=O) groups excluding carboxylic acids is 1. The first-order chi connectivity index (χ1) is 12.0. The molecule has 132 valence electrons. The second-order valence-corrected chi connectivity index (χ2v) is 7.19. The Labute approximate surface area is 158 Å². The summed E-state index contributed by atoms with van der Waals surface area (Å²) in [6, 6.07) is 9.62. The fraction of sp³-hybridized carbons (Fsp3) is 0.368. The molecule has 1 saturated heterocycles. The molecular weight excluding hydrogens is 357 g/mol. The van der Waals surface area contributed by atoms with Crippen molar-refractivity contribution in [3.8, 4) is 0 Å². The van der Waals surface area contributed by atoms with Crippen LogP contribution < -0.4 is 5.32 Å². The van der Waals surface area contributed by atoms with Gasteiger partial charge in [0.15, 0.2) is 0 Å². The molecule has 0 bridgehead atoms. The molecule has 1 aliphatic rings. The van der Waals surface area contributed by atoms with Gasteiger partial charge in [-0.2, -0.15) is 0 Å². The Balaban J connectivity index is 1.54. The van der Waals surface area contributed by atoms with Gasteiger partial charge in [0.05, 0.1) is 22.3 Å². The highest BCUT2D eigenvalue weighted by Crippen LogP contribution is 2.33. The number of aromatic nitrogens is 1. The number of anilines is 1. The van der Waals surface area contributed by atoms with Gasteiger partial charge in [-0.3, -0.25) is 14.7 Å². The number of hydrogen-bond donors (Lipinski definition) is 1. The fourth-order valence-electron chi connectivity index (χ4n) is 3.16. The van der Waals surface area contributed by atoms with Crippen LogP contribution in [0.15, 0.2) is 36.5 Å². The lowest BCUT2D eigenvalue weighted by Crippen LogP contribution is -2.38. The maximum absolute atomic E-state index is 12.4. The molecule has 0 radical (unpaired) electrons. The van der Waals surface area contributed by atoms with Gasteiger partial charge < -0.3 is 5.32 Å². The van der Waals surface area contributed by atoms with Crippen molar-refractivity contribution in [2.45, 2.75) is 25.7 Å². The van der Waals surface area contributed by atoms with Crippen LogP contribution in [0.2, 0.25) is 10.0 Å². The molecule has 2 heterocycles. The molecule has 3 rings (SSSR count). The van der Waals surface area contributed by atoms with Crippen LogP contribution in [0.1, 0.15) is 30.0 Å². The minimum absolute atomic E-state index is 0.0920. The fourth-order valence-corrected chi connectivity index (χ4v) is 3.62. The number of nitrogens with zero attached hydrogens (tertiary/aromatic N) is 2. The predicted molar refractivity (Wildman–Crippen MR) is 102 cm³/mol. The minimum Gasteiger partial charge on any atom is -0.322 e. The Morgan fingerprint density at radius 1 is 1.24 bits per heavy atom. The maximum Gasteiger partial charge on any atom is 0.238 e. The summed E-state index contributed by atoms with van der Waals surface area (Å²) < 4.78 is 0. The lowest BCUT2D eigenvalue weighted by atomic mass is 9.93. The zero-order chi connectivity index (χ0) is 17.8. The zero-order valence-corrected chi connectivity index (χ0v) is 15.6. The standard InChI is InChI=1S/C19H21Cl2N3O/c1-13-5-6-15(20)19(18(13)21)23-17(25)12-24-10-7-14(8-11-24)16-4-2-3-9-22-16/h2-6,9,14H,7-8,10-12H2,1H3,(H,23,25). The lowest BCUT2D eigenvalue weighted by Gasteiger charge is -2.31. The summed E-state index contributed by atoms with van der Waals surface area (Å²) in [5.41, 5.74) is 2.53. The SMILES string of the molecule is Cc1ccc(Cl)c(NC(=O)CN2CCC(c3ccccn3)CC2)c1Cl. The van der Waals surface area contributed by atoms with Gasteiger partial charge >= 0.3 is 0 Å². The van der Waals surface area contributed by atoms with E-state index in [1.165, 1.54) is 0 Å². The minimum atomic E-state index is -0.0920. The molecule has 6 heteroatoms. The first-order valence-corrected chi connectivity index (χ1v) is 9.18. The summed E-state index contributed by atoms with van der Waals surface area (Å²) >= 11 is 12.4. The van der Waals surface area contributed by atoms with Crippen molar-refractivity contribution in [1.29, 1.82) is 0 Å². The van der Waals surface area contributed by atoms with E-state index in [-0.39, 0.29) is 5.91 Å². The molecular formula is C19H21Cl2N3O. The summed E-state index contributed by atoms with van der Waals surface area (Å²) in [5, 5.41) is 3.80. The number of aryl methyl sites for hydroxylation is 1. The second-order valence-electron chi connectivity index (χ2n) is 6.41. The van der Waals surface area contributed by atoms with Crippen molar-refractivity contribution in [2.24, 2.45) is 0 Å². The molecule has 0 unspecified atom stereocenters. The van der Waals surface area contributed by atoms with E-state index in [0.717, 1.165) is 37.2 Å². The van der Waals surface area contributed by atoms with E-state index in [9.17, 15) is 4.79 Å². The van der Waals surface area contributed by atoms with Gasteiger partial charge in [0.2, 0.25) is 5.91 Å². The highest BCUT2D eigenvalue weighted by atomic mass is 35.5. The highest BCUT2D eigenvalue weighted by molar-refractivity contribution is 6.40. The van der Waals surface area contributed by atoms with E-state index in [0.29, 0.717) is 28.2 Å². The van der Waals surface area contributed by atoms with Gasteiger partial charge in [0, 0.05) is 17.8 Å². The number of carbonyl (C=O) groups is 1. The molecule has 0 spiro atoms. The maximum atomic E-state index is 12.4. The van der Waals surface area contributed by atoms with Crippen molar-refractivity contribution >= 4 is 34.8 Å². The molecule has 0 saturated carbocycles. The van der Waals surface area contributed by atoms with Gasteiger partial charge in [-0.15, -0.1) is 0 Å². The molecule has 1 aliphatic heterocycles. The molecule has 0 aliphatic carbocycles. The van der Waals surface area contributed by atoms with Crippen LogP contribution in [-0.4, -0.2) is 35.4 Å². The molecule has 1 aromatic carbocycles. The first-order valence-electron chi connectivity index (χ1n) is 8.42. The Morgan fingerprint density at radius 3 is 2.68 bits per heavy atom. The number of hydrogen-bond acceptors (Lipinski definition) is 3. The third-order valence-corrected chi connectivity index (χ3v) is 5.41. The van der Waals surface area contributed by atoms with Crippen LogP contribution in [0, 0.1) is 6.92 Å². The van der Waals surface area contributed by atoms with E-state index in [4.69, 9.17) is 23.2 Å². The van der Waals surface area contributed by atoms with E-state index >= 15 is 0 Å². The van der Waals surface area contributed by atoms with Crippen LogP contribution in [0.4, 0.5) is 5.69 Å². The van der Waals surface area contributed by atoms with Gasteiger partial charge in [0.25, 0.3) is 0 Å². The van der Waals surface area contributed by atoms with E-state index in [1.807, 2.05) is 31.3 Å². The van der Waals surface area contributed by atoms with E-state index < -0.39 is 0 Å². The van der Waals surface area contributed by atoms with Gasteiger partial charge in [-0.05, 0) is 56.6 Å². The van der Waals surface area contributed by atoms with Crippen molar-refractivity contribution in [2.75, 3.05) is 25.0 Å². The number of nitrogens with one attached hydrogen (secondary N) is 1. The van der Waals surface area contributed by atoms with Gasteiger partial charge in [0.1, 0.15) is 0 Å². The number of piperidine rings is 1. The number of halogens is 2. The topological polar surface area (TPSA) is 45.2 Å². The average molecular weight is 378 g/mol. The zero-order valence-electron chi connectivity index (χ0n) is 14.1. The monoisotopic (exact) mass is 377 g/mol. The van der Waals surface area contributed by atoms with E-state index in [2.05, 4.69) is 21.3 Å².